The van der Waals surface area contributed by atoms with E-state index in [0.29, 0.717) is 0 Å². The van der Waals surface area contributed by atoms with Gasteiger partial charge in [0, 0.05) is 35.0 Å². The van der Waals surface area contributed by atoms with Crippen molar-refractivity contribution in [3.05, 3.63) is 65.2 Å². The molecule has 0 radical (unpaired) electrons. The Hall–Kier alpha value is -1.91. The third kappa shape index (κ3) is 4.63. The molecule has 0 spiro atoms. The molecular formula is C22H25NO2S. The number of benzene rings is 2. The van der Waals surface area contributed by atoms with Crippen LogP contribution in [0.25, 0.3) is 0 Å². The highest BCUT2D eigenvalue weighted by molar-refractivity contribution is 7.98. The maximum absolute atomic E-state index is 12.9. The summed E-state index contributed by atoms with van der Waals surface area (Å²) in [5.41, 5.74) is 2.70. The van der Waals surface area contributed by atoms with Gasteiger partial charge in [-0.25, -0.2) is 0 Å². The van der Waals surface area contributed by atoms with E-state index in [1.54, 1.807) is 18.7 Å². The average molecular weight is 368 g/mol. The van der Waals surface area contributed by atoms with Crippen molar-refractivity contribution in [3.63, 3.8) is 0 Å². The summed E-state index contributed by atoms with van der Waals surface area (Å²) in [5, 5.41) is 0. The normalized spacial score (nSPS) is 17.8. The minimum Gasteiger partial charge on any atom is -0.298 e. The highest BCUT2D eigenvalue weighted by Crippen LogP contribution is 2.24. The van der Waals surface area contributed by atoms with E-state index in [1.165, 1.54) is 4.90 Å². The lowest BCUT2D eigenvalue weighted by molar-refractivity contribution is 0.0811. The Bertz CT molecular complexity index is 785. The minimum absolute atomic E-state index is 0.0554. The van der Waals surface area contributed by atoms with E-state index in [1.807, 2.05) is 48.7 Å². The monoisotopic (exact) mass is 367 g/mol. The number of rotatable bonds is 6. The smallest absolute Gasteiger partial charge is 0.167 e. The Labute approximate surface area is 159 Å². The molecule has 1 saturated heterocycles. The first-order valence-electron chi connectivity index (χ1n) is 9.07. The van der Waals surface area contributed by atoms with Crippen LogP contribution in [0.3, 0.4) is 0 Å². The van der Waals surface area contributed by atoms with Crippen LogP contribution < -0.4 is 0 Å². The van der Waals surface area contributed by atoms with E-state index in [4.69, 9.17) is 0 Å². The molecule has 0 N–H and O–H groups in total. The number of hydrogen-bond acceptors (Lipinski definition) is 4. The number of carbonyl (C=O) groups excluding carboxylic acids is 2. The molecule has 0 bridgehead atoms. The van der Waals surface area contributed by atoms with Gasteiger partial charge in [0.25, 0.3) is 0 Å². The van der Waals surface area contributed by atoms with Crippen LogP contribution in [0.15, 0.2) is 53.4 Å². The highest BCUT2D eigenvalue weighted by Gasteiger charge is 2.26. The first-order chi connectivity index (χ1) is 12.6. The third-order valence-electron chi connectivity index (χ3n) is 4.99. The molecule has 1 atom stereocenters. The topological polar surface area (TPSA) is 37.4 Å². The first kappa shape index (κ1) is 18.9. The van der Waals surface area contributed by atoms with Crippen LogP contribution in [0.5, 0.6) is 0 Å². The SMILES string of the molecule is CSc1ccc(C(=O)C2CCCN(Cc3cccc(C(C)=O)c3)C2)cc1. The molecule has 136 valence electrons. The first-order valence-corrected chi connectivity index (χ1v) is 10.3. The van der Waals surface area contributed by atoms with Crippen molar-refractivity contribution in [1.82, 2.24) is 4.90 Å². The van der Waals surface area contributed by atoms with E-state index in [2.05, 4.69) is 11.0 Å². The summed E-state index contributed by atoms with van der Waals surface area (Å²) >= 11 is 1.69. The Morgan fingerprint density at radius 3 is 2.58 bits per heavy atom. The summed E-state index contributed by atoms with van der Waals surface area (Å²) in [5.74, 6) is 0.395. The predicted octanol–water partition coefficient (Wildman–Crippen LogP) is 4.71. The Kier molecular flexibility index (Phi) is 6.28. The van der Waals surface area contributed by atoms with Gasteiger partial charge < -0.3 is 0 Å². The standard InChI is InChI=1S/C22H25NO2S/c1-16(24)19-6-3-5-17(13-19)14-23-12-4-7-20(15-23)22(25)18-8-10-21(26-2)11-9-18/h3,5-6,8-11,13,20H,4,7,12,14-15H2,1-2H3. The lowest BCUT2D eigenvalue weighted by Gasteiger charge is -2.32. The molecule has 4 heteroatoms. The molecule has 1 aliphatic rings. The molecule has 3 rings (SSSR count). The van der Waals surface area contributed by atoms with E-state index in [0.717, 1.165) is 49.2 Å². The van der Waals surface area contributed by atoms with Gasteiger partial charge in [0.15, 0.2) is 11.6 Å². The van der Waals surface area contributed by atoms with Gasteiger partial charge >= 0.3 is 0 Å². The van der Waals surface area contributed by atoms with Crippen LogP contribution in [0.2, 0.25) is 0 Å². The number of hydrogen-bond donors (Lipinski definition) is 0. The summed E-state index contributed by atoms with van der Waals surface area (Å²) < 4.78 is 0. The fourth-order valence-electron chi connectivity index (χ4n) is 3.55. The van der Waals surface area contributed by atoms with Crippen molar-refractivity contribution in [1.29, 1.82) is 0 Å². The van der Waals surface area contributed by atoms with Gasteiger partial charge in [-0.15, -0.1) is 11.8 Å². The quantitative estimate of drug-likeness (QED) is 0.547. The zero-order valence-electron chi connectivity index (χ0n) is 15.4. The van der Waals surface area contributed by atoms with Crippen molar-refractivity contribution in [2.75, 3.05) is 19.3 Å². The molecule has 0 amide bonds. The molecule has 0 aromatic heterocycles. The Balaban J connectivity index is 1.65. The second-order valence-corrected chi connectivity index (χ2v) is 7.80. The number of piperidine rings is 1. The number of nitrogens with zero attached hydrogens (tertiary/aromatic N) is 1. The Morgan fingerprint density at radius 1 is 1.12 bits per heavy atom. The molecule has 3 nitrogen and oxygen atoms in total. The summed E-state index contributed by atoms with van der Waals surface area (Å²) in [6, 6.07) is 15.7. The van der Waals surface area contributed by atoms with Gasteiger partial charge in [-0.2, -0.15) is 0 Å². The fraction of sp³-hybridized carbons (Fsp3) is 0.364. The van der Waals surface area contributed by atoms with E-state index in [-0.39, 0.29) is 17.5 Å². The summed E-state index contributed by atoms with van der Waals surface area (Å²) in [4.78, 5) is 27.9. The predicted molar refractivity (Wildman–Crippen MR) is 107 cm³/mol. The number of Topliss-reactive ketones (excluding diaryl/α,β-unsaturated/α-hetero) is 2. The van der Waals surface area contributed by atoms with Gasteiger partial charge in [-0.3, -0.25) is 14.5 Å². The van der Waals surface area contributed by atoms with Crippen LogP contribution in [0, 0.1) is 5.92 Å². The van der Waals surface area contributed by atoms with E-state index >= 15 is 0 Å². The van der Waals surface area contributed by atoms with Gasteiger partial charge in [0.05, 0.1) is 0 Å². The van der Waals surface area contributed by atoms with Gasteiger partial charge in [-0.1, -0.05) is 30.3 Å². The molecule has 0 saturated carbocycles. The summed E-state index contributed by atoms with van der Waals surface area (Å²) in [6.45, 7) is 4.17. The van der Waals surface area contributed by atoms with Gasteiger partial charge in [-0.05, 0) is 56.3 Å². The third-order valence-corrected chi connectivity index (χ3v) is 5.73. The minimum atomic E-state index is 0.0554. The van der Waals surface area contributed by atoms with Gasteiger partial charge in [0.1, 0.15) is 0 Å². The number of likely N-dealkylation sites (tertiary alicyclic amines) is 1. The zero-order valence-corrected chi connectivity index (χ0v) is 16.2. The second kappa shape index (κ2) is 8.65. The van der Waals surface area contributed by atoms with Crippen LogP contribution in [-0.4, -0.2) is 35.8 Å². The molecule has 2 aromatic carbocycles. The van der Waals surface area contributed by atoms with E-state index in [9.17, 15) is 9.59 Å². The average Bonchev–Trinajstić information content (AvgIpc) is 2.68. The van der Waals surface area contributed by atoms with Crippen LogP contribution in [0.1, 0.15) is 46.0 Å². The number of ketones is 2. The van der Waals surface area contributed by atoms with Crippen LogP contribution >= 0.6 is 11.8 Å². The maximum atomic E-state index is 12.9. The Morgan fingerprint density at radius 2 is 1.88 bits per heavy atom. The molecular weight excluding hydrogens is 342 g/mol. The molecule has 1 heterocycles. The number of carbonyl (C=O) groups is 2. The largest absolute Gasteiger partial charge is 0.298 e. The van der Waals surface area contributed by atoms with Crippen molar-refractivity contribution in [3.8, 4) is 0 Å². The molecule has 26 heavy (non-hydrogen) atoms. The summed E-state index contributed by atoms with van der Waals surface area (Å²) in [6.07, 6.45) is 4.02. The maximum Gasteiger partial charge on any atom is 0.167 e. The van der Waals surface area contributed by atoms with Crippen molar-refractivity contribution < 1.29 is 9.59 Å². The molecule has 1 aliphatic heterocycles. The molecule has 1 fully saturated rings. The lowest BCUT2D eigenvalue weighted by atomic mass is 9.90. The molecule has 1 unspecified atom stereocenters. The number of thioether (sulfide) groups is 1. The van der Waals surface area contributed by atoms with Crippen molar-refractivity contribution in [2.45, 2.75) is 31.2 Å². The lowest BCUT2D eigenvalue weighted by Crippen LogP contribution is -2.38. The highest BCUT2D eigenvalue weighted by atomic mass is 32.2. The van der Waals surface area contributed by atoms with Crippen LogP contribution in [-0.2, 0) is 6.54 Å². The van der Waals surface area contributed by atoms with Crippen molar-refractivity contribution in [2.24, 2.45) is 5.92 Å². The summed E-state index contributed by atoms with van der Waals surface area (Å²) in [7, 11) is 0. The van der Waals surface area contributed by atoms with Crippen molar-refractivity contribution >= 4 is 23.3 Å². The van der Waals surface area contributed by atoms with E-state index < -0.39 is 0 Å². The van der Waals surface area contributed by atoms with Gasteiger partial charge in [0.2, 0.25) is 0 Å². The molecule has 2 aromatic rings. The molecule has 0 aliphatic carbocycles. The fourth-order valence-corrected chi connectivity index (χ4v) is 3.96. The van der Waals surface area contributed by atoms with Crippen LogP contribution in [0.4, 0.5) is 0 Å². The zero-order chi connectivity index (χ0) is 18.5. The second-order valence-electron chi connectivity index (χ2n) is 6.92.